The number of benzene rings is 1. The van der Waals surface area contributed by atoms with Crippen molar-refractivity contribution in [3.05, 3.63) is 29.8 Å². The van der Waals surface area contributed by atoms with Crippen LogP contribution in [0, 0.1) is 0 Å². The van der Waals surface area contributed by atoms with Gasteiger partial charge in [0.05, 0.1) is 12.8 Å². The van der Waals surface area contributed by atoms with Gasteiger partial charge in [0.25, 0.3) is 6.47 Å². The number of amides is 4. The molecule has 0 spiro atoms. The van der Waals surface area contributed by atoms with Gasteiger partial charge in [-0.25, -0.2) is 4.79 Å². The van der Waals surface area contributed by atoms with Crippen molar-refractivity contribution in [1.82, 2.24) is 16.0 Å². The Balaban J connectivity index is 2.92. The molecule has 0 unspecified atom stereocenters. The molecular weight excluding hydrogens is 600 g/mol. The van der Waals surface area contributed by atoms with Gasteiger partial charge < -0.3 is 41.3 Å². The van der Waals surface area contributed by atoms with Crippen molar-refractivity contribution in [3.63, 3.8) is 0 Å². The third-order valence-electron chi connectivity index (χ3n) is 5.14. The molecule has 0 heterocycles. The second-order valence-electron chi connectivity index (χ2n) is 8.32. The molecule has 3 atom stereocenters. The van der Waals surface area contributed by atoms with Gasteiger partial charge in [-0.3, -0.25) is 33.6 Å². The van der Waals surface area contributed by atoms with Crippen LogP contribution in [0.2, 0.25) is 0 Å². The number of hydrogen-bond acceptors (Lipinski definition) is 11. The molecule has 0 saturated heterocycles. The summed E-state index contributed by atoms with van der Waals surface area (Å²) >= 11 is 0. The maximum atomic E-state index is 13.0. The van der Waals surface area contributed by atoms with E-state index in [1.165, 1.54) is 22.9 Å². The summed E-state index contributed by atoms with van der Waals surface area (Å²) in [5.41, 5.74) is 0.971. The van der Waals surface area contributed by atoms with Crippen molar-refractivity contribution < 1.29 is 58.4 Å². The fraction of sp³-hybridized carbons (Fsp3) is 0.417. The standard InChI is InChI=1S/C24H30N4O12S2/c29-12-25-15-3-1-14(2-4-15)9-19(31)26-16(5-6-20(32)33)22(36)27-17(10-21(34)35)23(37)28-18(24(38)39)11-42-41-8-7-40-13-30/h1-4,12-13,16-18H,5-11H2,(H,25,29)(H,26,31)(H,27,36)(H,28,37)(H,32,33)(H,34,35)(H,38,39)/t16-,17-,18-/m0/s1. The van der Waals surface area contributed by atoms with Gasteiger partial charge in [0.2, 0.25) is 24.1 Å². The van der Waals surface area contributed by atoms with Crippen LogP contribution in [0.4, 0.5) is 5.69 Å². The SMILES string of the molecule is O=CNc1ccc(CC(=O)N[C@@H](CCC(=O)O)C(=O)N[C@@H](CC(=O)O)C(=O)N[C@@H](CSSCCOC=O)C(=O)O)cc1. The van der Waals surface area contributed by atoms with E-state index in [1.54, 1.807) is 12.1 Å². The van der Waals surface area contributed by atoms with E-state index in [4.69, 9.17) is 5.11 Å². The van der Waals surface area contributed by atoms with Crippen molar-refractivity contribution >= 4 is 75.8 Å². The Labute approximate surface area is 247 Å². The van der Waals surface area contributed by atoms with Crippen LogP contribution >= 0.6 is 21.6 Å². The van der Waals surface area contributed by atoms with Gasteiger partial charge in [-0.05, 0) is 24.1 Å². The lowest BCUT2D eigenvalue weighted by Gasteiger charge is -2.23. The minimum atomic E-state index is -1.75. The Bertz CT molecular complexity index is 1120. The number of aliphatic carboxylic acids is 3. The van der Waals surface area contributed by atoms with Crippen molar-refractivity contribution in [2.45, 2.75) is 43.8 Å². The average molecular weight is 631 g/mol. The number of carboxylic acid groups (broad SMARTS) is 3. The van der Waals surface area contributed by atoms with Crippen LogP contribution in [0.25, 0.3) is 0 Å². The molecular formula is C24H30N4O12S2. The minimum Gasteiger partial charge on any atom is -0.481 e. The second kappa shape index (κ2) is 19.7. The van der Waals surface area contributed by atoms with E-state index in [1.807, 2.05) is 0 Å². The highest BCUT2D eigenvalue weighted by Gasteiger charge is 2.31. The molecule has 1 aromatic rings. The molecule has 0 aliphatic carbocycles. The normalized spacial score (nSPS) is 12.5. The number of hydrogen-bond donors (Lipinski definition) is 7. The lowest BCUT2D eigenvalue weighted by molar-refractivity contribution is -0.143. The van der Waals surface area contributed by atoms with Crippen LogP contribution in [0.1, 0.15) is 24.8 Å². The van der Waals surface area contributed by atoms with Gasteiger partial charge in [-0.15, -0.1) is 0 Å². The van der Waals surface area contributed by atoms with Crippen LogP contribution in [-0.4, -0.2) is 100 Å². The fourth-order valence-electron chi connectivity index (χ4n) is 3.16. The molecule has 0 saturated carbocycles. The zero-order valence-corrected chi connectivity index (χ0v) is 23.6. The van der Waals surface area contributed by atoms with Crippen molar-refractivity contribution in [3.8, 4) is 0 Å². The Morgan fingerprint density at radius 2 is 1.48 bits per heavy atom. The lowest BCUT2D eigenvalue weighted by atomic mass is 10.1. The topological polar surface area (TPSA) is 255 Å². The molecule has 7 N–H and O–H groups in total. The Morgan fingerprint density at radius 3 is 2.05 bits per heavy atom. The lowest BCUT2D eigenvalue weighted by Crippen LogP contribution is -2.56. The largest absolute Gasteiger partial charge is 0.481 e. The minimum absolute atomic E-state index is 0.0860. The number of nitrogens with one attached hydrogen (secondary N) is 4. The third kappa shape index (κ3) is 14.9. The molecule has 0 aliphatic heterocycles. The summed E-state index contributed by atoms with van der Waals surface area (Å²) in [6, 6.07) is 1.46. The first-order valence-electron chi connectivity index (χ1n) is 12.1. The van der Waals surface area contributed by atoms with Gasteiger partial charge in [0.15, 0.2) is 0 Å². The fourth-order valence-corrected chi connectivity index (χ4v) is 5.16. The van der Waals surface area contributed by atoms with E-state index in [2.05, 4.69) is 26.0 Å². The molecule has 0 fully saturated rings. The third-order valence-corrected chi connectivity index (χ3v) is 7.52. The summed E-state index contributed by atoms with van der Waals surface area (Å²) in [4.78, 5) is 93.1. The van der Waals surface area contributed by atoms with Gasteiger partial charge in [0, 0.05) is 23.6 Å². The van der Waals surface area contributed by atoms with Gasteiger partial charge in [-0.1, -0.05) is 33.7 Å². The van der Waals surface area contributed by atoms with Crippen LogP contribution in [-0.2, 0) is 49.5 Å². The first-order chi connectivity index (χ1) is 20.0. The first kappa shape index (κ1) is 35.7. The Morgan fingerprint density at radius 1 is 0.833 bits per heavy atom. The van der Waals surface area contributed by atoms with E-state index in [-0.39, 0.29) is 25.3 Å². The number of carbonyl (C=O) groups excluding carboxylic acids is 5. The van der Waals surface area contributed by atoms with Gasteiger partial charge >= 0.3 is 17.9 Å². The number of anilines is 1. The van der Waals surface area contributed by atoms with E-state index < -0.39 is 73.0 Å². The maximum Gasteiger partial charge on any atom is 0.327 e. The average Bonchev–Trinajstić information content (AvgIpc) is 2.92. The quantitative estimate of drug-likeness (QED) is 0.0472. The smallest absolute Gasteiger partial charge is 0.327 e. The predicted octanol–water partition coefficient (Wildman–Crippen LogP) is -0.770. The predicted molar refractivity (Wildman–Crippen MR) is 149 cm³/mol. The van der Waals surface area contributed by atoms with E-state index in [0.717, 1.165) is 10.8 Å². The highest BCUT2D eigenvalue weighted by Crippen LogP contribution is 2.21. The molecule has 16 nitrogen and oxygen atoms in total. The monoisotopic (exact) mass is 630 g/mol. The molecule has 18 heteroatoms. The van der Waals surface area contributed by atoms with E-state index in [9.17, 15) is 48.6 Å². The van der Waals surface area contributed by atoms with Gasteiger partial charge in [0.1, 0.15) is 24.7 Å². The Hall–Kier alpha value is -4.32. The van der Waals surface area contributed by atoms with Crippen molar-refractivity contribution in [1.29, 1.82) is 0 Å². The molecule has 0 aliphatic rings. The zero-order chi connectivity index (χ0) is 31.5. The van der Waals surface area contributed by atoms with Crippen LogP contribution in [0.3, 0.4) is 0 Å². The summed E-state index contributed by atoms with van der Waals surface area (Å²) in [5.74, 6) is -6.88. The highest BCUT2D eigenvalue weighted by molar-refractivity contribution is 8.76. The Kier molecular flexibility index (Phi) is 16.8. The molecule has 0 aromatic heterocycles. The summed E-state index contributed by atoms with van der Waals surface area (Å²) in [5, 5.41) is 36.9. The molecule has 4 amide bonds. The van der Waals surface area contributed by atoms with E-state index in [0.29, 0.717) is 23.4 Å². The summed E-state index contributed by atoms with van der Waals surface area (Å²) in [7, 11) is 2.21. The van der Waals surface area contributed by atoms with Crippen LogP contribution in [0.5, 0.6) is 0 Å². The van der Waals surface area contributed by atoms with Crippen molar-refractivity contribution in [2.24, 2.45) is 0 Å². The summed E-state index contributed by atoms with van der Waals surface area (Å²) < 4.78 is 4.51. The molecule has 1 aromatic carbocycles. The van der Waals surface area contributed by atoms with Crippen molar-refractivity contribution in [2.75, 3.05) is 23.4 Å². The number of carbonyl (C=O) groups is 8. The number of ether oxygens (including phenoxy) is 1. The van der Waals surface area contributed by atoms with Crippen LogP contribution in [0.15, 0.2) is 24.3 Å². The molecule has 42 heavy (non-hydrogen) atoms. The molecule has 230 valence electrons. The van der Waals surface area contributed by atoms with E-state index >= 15 is 0 Å². The maximum absolute atomic E-state index is 13.0. The van der Waals surface area contributed by atoms with Crippen LogP contribution < -0.4 is 21.3 Å². The highest BCUT2D eigenvalue weighted by atomic mass is 33.1. The van der Waals surface area contributed by atoms with Gasteiger partial charge in [-0.2, -0.15) is 0 Å². The molecule has 1 rings (SSSR count). The zero-order valence-electron chi connectivity index (χ0n) is 22.0. The number of carboxylic acids is 3. The molecule has 0 radical (unpaired) electrons. The molecule has 0 bridgehead atoms. The first-order valence-corrected chi connectivity index (χ1v) is 14.6. The summed E-state index contributed by atoms with van der Waals surface area (Å²) in [6.45, 7) is 0.344. The second-order valence-corrected chi connectivity index (χ2v) is 10.9. The summed E-state index contributed by atoms with van der Waals surface area (Å²) in [6.07, 6.45) is -1.63. The number of rotatable bonds is 22.